The number of phenols is 1. The molecule has 2 rings (SSSR count). The molecule has 2 aromatic carbocycles. The molecule has 0 radical (unpaired) electrons. The third-order valence-electron chi connectivity index (χ3n) is 2.34. The summed E-state index contributed by atoms with van der Waals surface area (Å²) in [5, 5.41) is 9.19. The summed E-state index contributed by atoms with van der Waals surface area (Å²) in [6, 6.07) is 16.9. The van der Waals surface area contributed by atoms with Crippen LogP contribution in [0.4, 0.5) is 5.69 Å². The minimum absolute atomic E-state index is 0.274. The van der Waals surface area contributed by atoms with E-state index in [1.54, 1.807) is 12.1 Å². The summed E-state index contributed by atoms with van der Waals surface area (Å²) >= 11 is 0. The van der Waals surface area contributed by atoms with Gasteiger partial charge in [0.1, 0.15) is 5.75 Å². The van der Waals surface area contributed by atoms with E-state index in [9.17, 15) is 5.11 Å². The van der Waals surface area contributed by atoms with Gasteiger partial charge in [-0.2, -0.15) is 0 Å². The van der Waals surface area contributed by atoms with Crippen LogP contribution in [0.5, 0.6) is 5.75 Å². The van der Waals surface area contributed by atoms with Gasteiger partial charge in [0.05, 0.1) is 5.69 Å². The second-order valence-electron chi connectivity index (χ2n) is 3.58. The number of aliphatic imine (C=N–C) groups is 1. The normalized spacial score (nSPS) is 11.4. The third-order valence-corrected chi connectivity index (χ3v) is 2.34. The zero-order valence-corrected chi connectivity index (χ0v) is 9.09. The maximum atomic E-state index is 9.19. The molecular formula is C14H13NO. The molecular weight excluding hydrogens is 198 g/mol. The number of benzene rings is 2. The van der Waals surface area contributed by atoms with Crippen molar-refractivity contribution in [2.24, 2.45) is 4.99 Å². The Kier molecular flexibility index (Phi) is 3.01. The van der Waals surface area contributed by atoms with Crippen LogP contribution in [0.15, 0.2) is 59.6 Å². The van der Waals surface area contributed by atoms with Gasteiger partial charge in [0.2, 0.25) is 0 Å². The monoisotopic (exact) mass is 211 g/mol. The van der Waals surface area contributed by atoms with Crippen molar-refractivity contribution in [3.8, 4) is 5.75 Å². The van der Waals surface area contributed by atoms with Crippen molar-refractivity contribution in [1.82, 2.24) is 0 Å². The number of aromatic hydroxyl groups is 1. The summed E-state index contributed by atoms with van der Waals surface area (Å²) in [6.07, 6.45) is 0. The van der Waals surface area contributed by atoms with E-state index in [1.807, 2.05) is 49.4 Å². The van der Waals surface area contributed by atoms with Gasteiger partial charge in [-0.05, 0) is 48.9 Å². The Morgan fingerprint density at radius 2 is 1.56 bits per heavy atom. The lowest BCUT2D eigenvalue weighted by Crippen LogP contribution is -1.92. The molecule has 0 aliphatic rings. The highest BCUT2D eigenvalue weighted by Gasteiger charge is 1.97. The fourth-order valence-corrected chi connectivity index (χ4v) is 1.46. The first-order chi connectivity index (χ1) is 7.75. The van der Waals surface area contributed by atoms with Gasteiger partial charge in [0.15, 0.2) is 0 Å². The minimum Gasteiger partial charge on any atom is -0.508 e. The number of nitrogens with zero attached hydrogens (tertiary/aromatic N) is 1. The van der Waals surface area contributed by atoms with Gasteiger partial charge in [0.25, 0.3) is 0 Å². The van der Waals surface area contributed by atoms with E-state index >= 15 is 0 Å². The molecule has 1 N–H and O–H groups in total. The van der Waals surface area contributed by atoms with E-state index in [0.29, 0.717) is 0 Å². The van der Waals surface area contributed by atoms with Crippen LogP contribution in [-0.2, 0) is 0 Å². The lowest BCUT2D eigenvalue weighted by Gasteiger charge is -2.01. The predicted molar refractivity (Wildman–Crippen MR) is 66.4 cm³/mol. The molecule has 16 heavy (non-hydrogen) atoms. The molecule has 2 heteroatoms. The summed E-state index contributed by atoms with van der Waals surface area (Å²) in [6.45, 7) is 1.96. The molecule has 0 aliphatic heterocycles. The Hall–Kier alpha value is -2.09. The van der Waals surface area contributed by atoms with E-state index in [4.69, 9.17) is 0 Å². The second kappa shape index (κ2) is 4.62. The van der Waals surface area contributed by atoms with Crippen LogP contribution >= 0.6 is 0 Å². The SMILES string of the molecule is CC(=Nc1ccccc1)c1ccc(O)cc1. The molecule has 0 atom stereocenters. The number of para-hydroxylation sites is 1. The van der Waals surface area contributed by atoms with Gasteiger partial charge in [0, 0.05) is 5.71 Å². The minimum atomic E-state index is 0.274. The molecule has 2 aromatic rings. The Morgan fingerprint density at radius 1 is 0.938 bits per heavy atom. The number of rotatable bonds is 2. The molecule has 2 nitrogen and oxygen atoms in total. The molecule has 0 amide bonds. The highest BCUT2D eigenvalue weighted by molar-refractivity contribution is 6.00. The Balaban J connectivity index is 2.28. The predicted octanol–water partition coefficient (Wildman–Crippen LogP) is 3.53. The fraction of sp³-hybridized carbons (Fsp3) is 0.0714. The number of phenolic OH excluding ortho intramolecular Hbond substituents is 1. The Labute approximate surface area is 94.9 Å². The summed E-state index contributed by atoms with van der Waals surface area (Å²) in [5.41, 5.74) is 2.89. The van der Waals surface area contributed by atoms with E-state index < -0.39 is 0 Å². The lowest BCUT2D eigenvalue weighted by atomic mass is 10.1. The Bertz CT molecular complexity index is 486. The molecule has 0 fully saturated rings. The lowest BCUT2D eigenvalue weighted by molar-refractivity contribution is 0.475. The largest absolute Gasteiger partial charge is 0.508 e. The van der Waals surface area contributed by atoms with Crippen molar-refractivity contribution in [2.75, 3.05) is 0 Å². The number of hydrogen-bond donors (Lipinski definition) is 1. The first kappa shape index (κ1) is 10.4. The van der Waals surface area contributed by atoms with Gasteiger partial charge in [-0.3, -0.25) is 4.99 Å². The highest BCUT2D eigenvalue weighted by atomic mass is 16.3. The van der Waals surface area contributed by atoms with E-state index in [2.05, 4.69) is 4.99 Å². The second-order valence-corrected chi connectivity index (χ2v) is 3.58. The molecule has 0 spiro atoms. The van der Waals surface area contributed by atoms with Crippen molar-refractivity contribution < 1.29 is 5.11 Å². The van der Waals surface area contributed by atoms with Crippen LogP contribution in [0.25, 0.3) is 0 Å². The van der Waals surface area contributed by atoms with Crippen LogP contribution < -0.4 is 0 Å². The molecule has 0 saturated carbocycles. The quantitative estimate of drug-likeness (QED) is 0.757. The van der Waals surface area contributed by atoms with E-state index in [0.717, 1.165) is 17.0 Å². The standard InChI is InChI=1S/C14H13NO/c1-11(12-7-9-14(16)10-8-12)15-13-5-3-2-4-6-13/h2-10,16H,1H3. The van der Waals surface area contributed by atoms with Crippen molar-refractivity contribution >= 4 is 11.4 Å². The maximum Gasteiger partial charge on any atom is 0.115 e. The van der Waals surface area contributed by atoms with Gasteiger partial charge in [-0.25, -0.2) is 0 Å². The average Bonchev–Trinajstić information content (AvgIpc) is 2.31. The van der Waals surface area contributed by atoms with Crippen molar-refractivity contribution in [3.63, 3.8) is 0 Å². The van der Waals surface area contributed by atoms with Crippen molar-refractivity contribution in [1.29, 1.82) is 0 Å². The van der Waals surface area contributed by atoms with Gasteiger partial charge < -0.3 is 5.11 Å². The van der Waals surface area contributed by atoms with Gasteiger partial charge in [-0.1, -0.05) is 18.2 Å². The van der Waals surface area contributed by atoms with Gasteiger partial charge >= 0.3 is 0 Å². The maximum absolute atomic E-state index is 9.19. The third kappa shape index (κ3) is 2.48. The number of hydrogen-bond acceptors (Lipinski definition) is 2. The zero-order chi connectivity index (χ0) is 11.4. The van der Waals surface area contributed by atoms with Crippen LogP contribution in [0.2, 0.25) is 0 Å². The van der Waals surface area contributed by atoms with E-state index in [-0.39, 0.29) is 5.75 Å². The van der Waals surface area contributed by atoms with Crippen LogP contribution in [0.3, 0.4) is 0 Å². The Morgan fingerprint density at radius 3 is 2.19 bits per heavy atom. The summed E-state index contributed by atoms with van der Waals surface area (Å²) in [4.78, 5) is 4.49. The summed E-state index contributed by atoms with van der Waals surface area (Å²) in [7, 11) is 0. The summed E-state index contributed by atoms with van der Waals surface area (Å²) < 4.78 is 0. The fourth-order valence-electron chi connectivity index (χ4n) is 1.46. The average molecular weight is 211 g/mol. The van der Waals surface area contributed by atoms with E-state index in [1.165, 1.54) is 0 Å². The molecule has 0 aromatic heterocycles. The molecule has 0 bridgehead atoms. The zero-order valence-electron chi connectivity index (χ0n) is 9.09. The van der Waals surface area contributed by atoms with Crippen molar-refractivity contribution in [3.05, 3.63) is 60.2 Å². The topological polar surface area (TPSA) is 32.6 Å². The smallest absolute Gasteiger partial charge is 0.115 e. The first-order valence-electron chi connectivity index (χ1n) is 5.15. The van der Waals surface area contributed by atoms with Crippen LogP contribution in [-0.4, -0.2) is 10.8 Å². The summed E-state index contributed by atoms with van der Waals surface area (Å²) in [5.74, 6) is 0.274. The van der Waals surface area contributed by atoms with Crippen molar-refractivity contribution in [2.45, 2.75) is 6.92 Å². The van der Waals surface area contributed by atoms with Crippen LogP contribution in [0, 0.1) is 0 Å². The molecule has 80 valence electrons. The molecule has 0 heterocycles. The van der Waals surface area contributed by atoms with Gasteiger partial charge in [-0.15, -0.1) is 0 Å². The molecule has 0 aliphatic carbocycles. The van der Waals surface area contributed by atoms with Crippen LogP contribution in [0.1, 0.15) is 12.5 Å². The molecule has 0 saturated heterocycles. The molecule has 0 unspecified atom stereocenters. The highest BCUT2D eigenvalue weighted by Crippen LogP contribution is 2.15. The first-order valence-corrected chi connectivity index (χ1v) is 5.15.